The molecular formula is C23H27BrN4O. The largest absolute Gasteiger partial charge is 0.326 e. The quantitative estimate of drug-likeness (QED) is 0.573. The van der Waals surface area contributed by atoms with Crippen molar-refractivity contribution in [3.05, 3.63) is 58.8 Å². The average Bonchev–Trinajstić information content (AvgIpc) is 3.08. The van der Waals surface area contributed by atoms with Crippen molar-refractivity contribution in [3.8, 4) is 0 Å². The van der Waals surface area contributed by atoms with Crippen LogP contribution in [0.25, 0.3) is 11.0 Å². The van der Waals surface area contributed by atoms with E-state index >= 15 is 0 Å². The summed E-state index contributed by atoms with van der Waals surface area (Å²) >= 11 is 3.43. The molecule has 1 amide bonds. The number of anilines is 1. The van der Waals surface area contributed by atoms with Crippen molar-refractivity contribution in [2.24, 2.45) is 5.92 Å². The van der Waals surface area contributed by atoms with Crippen LogP contribution in [-0.2, 0) is 11.3 Å². The number of amides is 1. The van der Waals surface area contributed by atoms with Crippen LogP contribution in [0.3, 0.4) is 0 Å². The summed E-state index contributed by atoms with van der Waals surface area (Å²) in [5.74, 6) is 1.19. The Morgan fingerprint density at radius 1 is 1.21 bits per heavy atom. The molecule has 0 unspecified atom stereocenters. The van der Waals surface area contributed by atoms with Crippen LogP contribution in [0.4, 0.5) is 5.69 Å². The van der Waals surface area contributed by atoms with Gasteiger partial charge < -0.3 is 9.88 Å². The second-order valence-electron chi connectivity index (χ2n) is 8.05. The lowest BCUT2D eigenvalue weighted by molar-refractivity contribution is -0.121. The highest BCUT2D eigenvalue weighted by atomic mass is 79.9. The number of imidazole rings is 1. The number of nitrogens with one attached hydrogen (secondary N) is 1. The van der Waals surface area contributed by atoms with E-state index in [1.54, 1.807) is 0 Å². The van der Waals surface area contributed by atoms with Gasteiger partial charge in [0.2, 0.25) is 5.91 Å². The Balaban J connectivity index is 1.46. The van der Waals surface area contributed by atoms with E-state index in [1.807, 2.05) is 30.3 Å². The van der Waals surface area contributed by atoms with Gasteiger partial charge in [0.15, 0.2) is 0 Å². The molecule has 2 heterocycles. The van der Waals surface area contributed by atoms with Gasteiger partial charge in [0.05, 0.1) is 23.5 Å². The summed E-state index contributed by atoms with van der Waals surface area (Å²) in [4.78, 5) is 20.1. The first kappa shape index (κ1) is 20.1. The topological polar surface area (TPSA) is 50.2 Å². The Bertz CT molecular complexity index is 996. The molecule has 4 rings (SSSR count). The second-order valence-corrected chi connectivity index (χ2v) is 8.97. The molecule has 1 saturated heterocycles. The van der Waals surface area contributed by atoms with Gasteiger partial charge >= 0.3 is 0 Å². The lowest BCUT2D eigenvalue weighted by Gasteiger charge is -2.32. The third-order valence-electron chi connectivity index (χ3n) is 5.54. The molecule has 2 aromatic carbocycles. The van der Waals surface area contributed by atoms with Gasteiger partial charge in [0.25, 0.3) is 0 Å². The molecule has 0 radical (unpaired) electrons. The number of halogens is 1. The lowest BCUT2D eigenvalue weighted by Crippen LogP contribution is -2.40. The average molecular weight is 455 g/mol. The molecule has 1 fully saturated rings. The van der Waals surface area contributed by atoms with Gasteiger partial charge in [0.1, 0.15) is 5.82 Å². The van der Waals surface area contributed by atoms with E-state index in [-0.39, 0.29) is 11.8 Å². The molecule has 6 heteroatoms. The third kappa shape index (κ3) is 4.54. The predicted molar refractivity (Wildman–Crippen MR) is 121 cm³/mol. The maximum atomic E-state index is 12.8. The minimum atomic E-state index is 0.00396. The predicted octanol–water partition coefficient (Wildman–Crippen LogP) is 5.23. The van der Waals surface area contributed by atoms with Crippen molar-refractivity contribution in [2.75, 3.05) is 18.4 Å². The Kier molecular flexibility index (Phi) is 6.01. The Hall–Kier alpha value is -2.18. The van der Waals surface area contributed by atoms with Gasteiger partial charge in [-0.2, -0.15) is 0 Å². The number of rotatable bonds is 5. The minimum Gasteiger partial charge on any atom is -0.326 e. The van der Waals surface area contributed by atoms with Crippen LogP contribution < -0.4 is 5.32 Å². The van der Waals surface area contributed by atoms with Crippen LogP contribution in [0.5, 0.6) is 0 Å². The number of carbonyl (C=O) groups excluding carboxylic acids is 1. The van der Waals surface area contributed by atoms with Crippen molar-refractivity contribution in [2.45, 2.75) is 39.3 Å². The minimum absolute atomic E-state index is 0.00396. The van der Waals surface area contributed by atoms with E-state index in [0.29, 0.717) is 6.04 Å². The van der Waals surface area contributed by atoms with Crippen LogP contribution in [0.15, 0.2) is 53.0 Å². The number of likely N-dealkylation sites (tertiary alicyclic amines) is 1. The van der Waals surface area contributed by atoms with Crippen molar-refractivity contribution < 1.29 is 4.79 Å². The van der Waals surface area contributed by atoms with Gasteiger partial charge in [-0.05, 0) is 69.6 Å². The summed E-state index contributed by atoms with van der Waals surface area (Å²) < 4.78 is 3.33. The van der Waals surface area contributed by atoms with Crippen LogP contribution in [0.2, 0.25) is 0 Å². The fourth-order valence-corrected chi connectivity index (χ4v) is 4.44. The number of nitrogens with zero attached hydrogens (tertiary/aromatic N) is 3. The van der Waals surface area contributed by atoms with Crippen molar-refractivity contribution >= 4 is 38.6 Å². The zero-order chi connectivity index (χ0) is 20.4. The van der Waals surface area contributed by atoms with Gasteiger partial charge in [0, 0.05) is 22.7 Å². The molecule has 0 aliphatic carbocycles. The van der Waals surface area contributed by atoms with Gasteiger partial charge in [-0.15, -0.1) is 0 Å². The van der Waals surface area contributed by atoms with E-state index in [4.69, 9.17) is 4.98 Å². The summed E-state index contributed by atoms with van der Waals surface area (Å²) in [7, 11) is 0. The molecule has 1 aromatic heterocycles. The normalized spacial score (nSPS) is 17.7. The molecule has 5 nitrogen and oxygen atoms in total. The van der Waals surface area contributed by atoms with E-state index in [2.05, 4.69) is 62.8 Å². The molecule has 1 N–H and O–H groups in total. The fraction of sp³-hybridized carbons (Fsp3) is 0.391. The Morgan fingerprint density at radius 3 is 2.72 bits per heavy atom. The van der Waals surface area contributed by atoms with E-state index in [1.165, 1.54) is 5.52 Å². The highest BCUT2D eigenvalue weighted by Gasteiger charge is 2.27. The number of hydrogen-bond acceptors (Lipinski definition) is 3. The van der Waals surface area contributed by atoms with Crippen LogP contribution in [0.1, 0.15) is 38.6 Å². The highest BCUT2D eigenvalue weighted by Crippen LogP contribution is 2.25. The monoisotopic (exact) mass is 454 g/mol. The molecular weight excluding hydrogens is 428 g/mol. The summed E-state index contributed by atoms with van der Waals surface area (Å²) in [5.41, 5.74) is 3.06. The number of carbonyl (C=O) groups is 1. The van der Waals surface area contributed by atoms with E-state index in [9.17, 15) is 4.79 Å². The Labute approximate surface area is 180 Å². The molecule has 152 valence electrons. The number of fused-ring (bicyclic) bond motifs is 1. The molecule has 1 aliphatic heterocycles. The zero-order valence-electron chi connectivity index (χ0n) is 16.9. The van der Waals surface area contributed by atoms with Gasteiger partial charge in [-0.1, -0.05) is 28.1 Å². The van der Waals surface area contributed by atoms with Crippen molar-refractivity contribution in [1.29, 1.82) is 0 Å². The first-order valence-corrected chi connectivity index (χ1v) is 11.0. The van der Waals surface area contributed by atoms with Gasteiger partial charge in [-0.3, -0.25) is 9.69 Å². The van der Waals surface area contributed by atoms with Crippen LogP contribution in [-0.4, -0.2) is 33.4 Å². The van der Waals surface area contributed by atoms with Crippen molar-refractivity contribution in [3.63, 3.8) is 0 Å². The Morgan fingerprint density at radius 2 is 1.97 bits per heavy atom. The molecule has 0 bridgehead atoms. The number of benzene rings is 2. The summed E-state index contributed by atoms with van der Waals surface area (Å²) in [5, 5.41) is 3.07. The highest BCUT2D eigenvalue weighted by molar-refractivity contribution is 9.10. The fourth-order valence-electron chi connectivity index (χ4n) is 4.17. The second kappa shape index (κ2) is 8.67. The number of aromatic nitrogens is 2. The number of piperidine rings is 1. The van der Waals surface area contributed by atoms with Crippen molar-refractivity contribution in [1.82, 2.24) is 14.5 Å². The lowest BCUT2D eigenvalue weighted by atomic mass is 9.97. The zero-order valence-corrected chi connectivity index (χ0v) is 18.5. The first-order valence-electron chi connectivity index (χ1n) is 10.3. The first-order chi connectivity index (χ1) is 14.0. The summed E-state index contributed by atoms with van der Waals surface area (Å²) in [6.45, 7) is 6.94. The number of para-hydroxylation sites is 2. The van der Waals surface area contributed by atoms with Crippen LogP contribution in [0, 0.1) is 5.92 Å². The third-order valence-corrected chi connectivity index (χ3v) is 6.07. The standard InChI is InChI=1S/C23H27BrN4O/c1-16(2)28-21-8-4-3-7-20(21)26-22(28)15-27-13-5-6-17(14-27)23(29)25-19-11-9-18(24)10-12-19/h3-4,7-12,16-17H,5-6,13-15H2,1-2H3,(H,25,29)/t17-/m1/s1. The maximum absolute atomic E-state index is 12.8. The van der Waals surface area contributed by atoms with E-state index < -0.39 is 0 Å². The van der Waals surface area contributed by atoms with Gasteiger partial charge in [-0.25, -0.2) is 4.98 Å². The summed E-state index contributed by atoms with van der Waals surface area (Å²) in [6, 6.07) is 16.4. The molecule has 1 aliphatic rings. The van der Waals surface area contributed by atoms with Crippen LogP contribution >= 0.6 is 15.9 Å². The maximum Gasteiger partial charge on any atom is 0.228 e. The molecule has 3 aromatic rings. The molecule has 0 spiro atoms. The molecule has 0 saturated carbocycles. The molecule has 1 atom stereocenters. The molecule has 29 heavy (non-hydrogen) atoms. The number of hydrogen-bond donors (Lipinski definition) is 1. The van der Waals surface area contributed by atoms with E-state index in [0.717, 1.165) is 54.0 Å². The summed E-state index contributed by atoms with van der Waals surface area (Å²) in [6.07, 6.45) is 1.96. The SMILES string of the molecule is CC(C)n1c(CN2CCC[C@@H](C(=O)Nc3ccc(Br)cc3)C2)nc2ccccc21. The smallest absolute Gasteiger partial charge is 0.228 e.